The van der Waals surface area contributed by atoms with Crippen molar-refractivity contribution >= 4 is 11.8 Å². The molecule has 5 nitrogen and oxygen atoms in total. The molecule has 0 bridgehead atoms. The van der Waals surface area contributed by atoms with E-state index in [2.05, 4.69) is 10.2 Å². The Morgan fingerprint density at radius 2 is 2.12 bits per heavy atom. The molecule has 0 radical (unpaired) electrons. The summed E-state index contributed by atoms with van der Waals surface area (Å²) in [5, 5.41) is 8.60. The Morgan fingerprint density at radius 1 is 1.20 bits per heavy atom. The first-order chi connectivity index (χ1) is 12.2. The number of ether oxygens (including phenoxy) is 2. The minimum Gasteiger partial charge on any atom is -0.494 e. The van der Waals surface area contributed by atoms with Crippen LogP contribution in [0.15, 0.2) is 46.0 Å². The maximum Gasteiger partial charge on any atom is 0.277 e. The number of hydrogen-bond donors (Lipinski definition) is 0. The summed E-state index contributed by atoms with van der Waals surface area (Å²) in [5.74, 6) is 1.76. The van der Waals surface area contributed by atoms with E-state index >= 15 is 0 Å². The third-order valence-electron chi connectivity index (χ3n) is 3.92. The van der Waals surface area contributed by atoms with Gasteiger partial charge in [-0.1, -0.05) is 17.8 Å². The van der Waals surface area contributed by atoms with Gasteiger partial charge in [-0.15, -0.1) is 10.2 Å². The lowest BCUT2D eigenvalue weighted by molar-refractivity contribution is 0.357. The van der Waals surface area contributed by atoms with Crippen molar-refractivity contribution in [2.75, 3.05) is 13.7 Å². The number of aromatic nitrogens is 2. The van der Waals surface area contributed by atoms with E-state index in [1.54, 1.807) is 6.07 Å². The molecule has 1 aromatic heterocycles. The van der Waals surface area contributed by atoms with Crippen LogP contribution in [0.5, 0.6) is 11.5 Å². The molecule has 2 aromatic carbocycles. The number of hydrogen-bond acceptors (Lipinski definition) is 6. The molecule has 0 spiro atoms. The highest BCUT2D eigenvalue weighted by atomic mass is 32.2. The van der Waals surface area contributed by atoms with Gasteiger partial charge in [-0.3, -0.25) is 0 Å². The Morgan fingerprint density at radius 3 is 2.96 bits per heavy atom. The summed E-state index contributed by atoms with van der Waals surface area (Å²) in [4.78, 5) is 0. The first-order valence-electron chi connectivity index (χ1n) is 7.78. The molecule has 0 saturated heterocycles. The third kappa shape index (κ3) is 3.32. The number of halogens is 1. The number of benzene rings is 2. The Bertz CT molecular complexity index is 913. The number of thioether (sulfide) groups is 1. The summed E-state index contributed by atoms with van der Waals surface area (Å²) in [7, 11) is 1.44. The van der Waals surface area contributed by atoms with E-state index < -0.39 is 0 Å². The quantitative estimate of drug-likeness (QED) is 0.640. The molecule has 0 saturated carbocycles. The lowest BCUT2D eigenvalue weighted by Gasteiger charge is -2.03. The number of fused-ring (bicyclic) bond motifs is 1. The van der Waals surface area contributed by atoms with E-state index in [4.69, 9.17) is 13.9 Å². The highest BCUT2D eigenvalue weighted by Gasteiger charge is 2.16. The SMILES string of the molecule is COc1ccc(CSc2nnc(-c3ccc4c(c3)CCO4)o2)cc1F. The molecule has 25 heavy (non-hydrogen) atoms. The smallest absolute Gasteiger partial charge is 0.277 e. The molecule has 7 heteroatoms. The van der Waals surface area contributed by atoms with Crippen LogP contribution in [0.25, 0.3) is 11.5 Å². The third-order valence-corrected chi connectivity index (χ3v) is 4.81. The molecule has 128 valence electrons. The van der Waals surface area contributed by atoms with Gasteiger partial charge in [0.25, 0.3) is 5.22 Å². The van der Waals surface area contributed by atoms with Crippen LogP contribution in [0, 0.1) is 5.82 Å². The van der Waals surface area contributed by atoms with Crippen molar-refractivity contribution in [1.29, 1.82) is 0 Å². The number of methoxy groups -OCH3 is 1. The first kappa shape index (κ1) is 16.0. The predicted molar refractivity (Wildman–Crippen MR) is 91.4 cm³/mol. The van der Waals surface area contributed by atoms with Crippen molar-refractivity contribution in [2.24, 2.45) is 0 Å². The Balaban J connectivity index is 1.45. The van der Waals surface area contributed by atoms with Crippen LogP contribution in [0.4, 0.5) is 4.39 Å². The van der Waals surface area contributed by atoms with Gasteiger partial charge < -0.3 is 13.9 Å². The number of nitrogens with zero attached hydrogens (tertiary/aromatic N) is 2. The second-order valence-electron chi connectivity index (χ2n) is 5.55. The summed E-state index contributed by atoms with van der Waals surface area (Å²) in [6.07, 6.45) is 0.891. The standard InChI is InChI=1S/C18H15FN2O3S/c1-22-16-4-2-11(8-14(16)19)10-25-18-21-20-17(24-18)13-3-5-15-12(9-13)6-7-23-15/h2-5,8-9H,6-7,10H2,1H3. The molecule has 4 rings (SSSR count). The summed E-state index contributed by atoms with van der Waals surface area (Å²) >= 11 is 1.36. The lowest BCUT2D eigenvalue weighted by atomic mass is 10.1. The Kier molecular flexibility index (Phi) is 4.31. The van der Waals surface area contributed by atoms with E-state index in [0.717, 1.165) is 28.9 Å². The normalized spacial score (nSPS) is 12.7. The topological polar surface area (TPSA) is 57.4 Å². The average Bonchev–Trinajstić information content (AvgIpc) is 3.28. The van der Waals surface area contributed by atoms with E-state index in [1.165, 1.54) is 24.9 Å². The molecule has 0 aliphatic carbocycles. The monoisotopic (exact) mass is 358 g/mol. The van der Waals surface area contributed by atoms with Crippen LogP contribution in [0.1, 0.15) is 11.1 Å². The summed E-state index contributed by atoms with van der Waals surface area (Å²) < 4.78 is 29.8. The summed E-state index contributed by atoms with van der Waals surface area (Å²) in [6.45, 7) is 0.710. The molecule has 0 fully saturated rings. The van der Waals surface area contributed by atoms with Crippen LogP contribution < -0.4 is 9.47 Å². The maximum absolute atomic E-state index is 13.7. The van der Waals surface area contributed by atoms with Gasteiger partial charge >= 0.3 is 0 Å². The minimum atomic E-state index is -0.382. The van der Waals surface area contributed by atoms with Crippen molar-refractivity contribution in [3.05, 3.63) is 53.3 Å². The fourth-order valence-electron chi connectivity index (χ4n) is 2.65. The predicted octanol–water partition coefficient (Wildman–Crippen LogP) is 4.11. The minimum absolute atomic E-state index is 0.231. The highest BCUT2D eigenvalue weighted by molar-refractivity contribution is 7.98. The zero-order valence-corrected chi connectivity index (χ0v) is 14.3. The first-order valence-corrected chi connectivity index (χ1v) is 8.76. The van der Waals surface area contributed by atoms with Gasteiger partial charge in [-0.05, 0) is 41.5 Å². The van der Waals surface area contributed by atoms with E-state index in [0.29, 0.717) is 23.5 Å². The maximum atomic E-state index is 13.7. The zero-order chi connectivity index (χ0) is 17.2. The van der Waals surface area contributed by atoms with Crippen molar-refractivity contribution in [3.63, 3.8) is 0 Å². The van der Waals surface area contributed by atoms with Crippen molar-refractivity contribution < 1.29 is 18.3 Å². The molecule has 3 aromatic rings. The Hall–Kier alpha value is -2.54. The van der Waals surface area contributed by atoms with E-state index in [9.17, 15) is 4.39 Å². The summed E-state index contributed by atoms with van der Waals surface area (Å²) in [6, 6.07) is 10.7. The zero-order valence-electron chi connectivity index (χ0n) is 13.5. The van der Waals surface area contributed by atoms with Gasteiger partial charge in [0.15, 0.2) is 11.6 Å². The van der Waals surface area contributed by atoms with Crippen molar-refractivity contribution in [2.45, 2.75) is 17.4 Å². The Labute approximate surface area is 148 Å². The van der Waals surface area contributed by atoms with E-state index in [1.807, 2.05) is 24.3 Å². The summed E-state index contributed by atoms with van der Waals surface area (Å²) in [5.41, 5.74) is 2.84. The van der Waals surface area contributed by atoms with Crippen LogP contribution in [-0.4, -0.2) is 23.9 Å². The molecule has 1 aliphatic heterocycles. The fraction of sp³-hybridized carbons (Fsp3) is 0.222. The lowest BCUT2D eigenvalue weighted by Crippen LogP contribution is -1.90. The second-order valence-corrected chi connectivity index (χ2v) is 6.48. The molecule has 2 heterocycles. The van der Waals surface area contributed by atoms with Crippen LogP contribution in [-0.2, 0) is 12.2 Å². The van der Waals surface area contributed by atoms with Crippen LogP contribution in [0.2, 0.25) is 0 Å². The molecule has 0 unspecified atom stereocenters. The van der Waals surface area contributed by atoms with Crippen molar-refractivity contribution in [1.82, 2.24) is 10.2 Å². The molecular weight excluding hydrogens is 343 g/mol. The van der Waals surface area contributed by atoms with Gasteiger partial charge in [-0.25, -0.2) is 4.39 Å². The second kappa shape index (κ2) is 6.76. The molecule has 0 amide bonds. The van der Waals surface area contributed by atoms with E-state index in [-0.39, 0.29) is 11.6 Å². The van der Waals surface area contributed by atoms with Crippen molar-refractivity contribution in [3.8, 4) is 23.0 Å². The van der Waals surface area contributed by atoms with Gasteiger partial charge in [0, 0.05) is 17.7 Å². The molecule has 0 N–H and O–H groups in total. The fourth-order valence-corrected chi connectivity index (χ4v) is 3.36. The van der Waals surface area contributed by atoms with Gasteiger partial charge in [0.1, 0.15) is 5.75 Å². The molecule has 1 aliphatic rings. The van der Waals surface area contributed by atoms with Gasteiger partial charge in [-0.2, -0.15) is 0 Å². The molecular formula is C18H15FN2O3S. The van der Waals surface area contributed by atoms with Gasteiger partial charge in [0.2, 0.25) is 5.89 Å². The average molecular weight is 358 g/mol. The largest absolute Gasteiger partial charge is 0.494 e. The van der Waals surface area contributed by atoms with Crippen LogP contribution in [0.3, 0.4) is 0 Å². The number of rotatable bonds is 5. The highest BCUT2D eigenvalue weighted by Crippen LogP contribution is 2.31. The molecule has 0 atom stereocenters. The van der Waals surface area contributed by atoms with Crippen LogP contribution >= 0.6 is 11.8 Å². The van der Waals surface area contributed by atoms with Gasteiger partial charge in [0.05, 0.1) is 13.7 Å².